The lowest BCUT2D eigenvalue weighted by atomic mass is 10.2. The van der Waals surface area contributed by atoms with Crippen molar-refractivity contribution in [3.63, 3.8) is 0 Å². The summed E-state index contributed by atoms with van der Waals surface area (Å²) in [5.74, 6) is -1.15. The van der Waals surface area contributed by atoms with Gasteiger partial charge in [-0.05, 0) is 42.8 Å². The molecule has 0 saturated carbocycles. The fraction of sp³-hybridized carbons (Fsp3) is 0.0588. The average molecular weight is 382 g/mol. The van der Waals surface area contributed by atoms with Crippen molar-refractivity contribution < 1.29 is 9.59 Å². The Labute approximate surface area is 153 Å². The van der Waals surface area contributed by atoms with E-state index in [2.05, 4.69) is 5.32 Å². The van der Waals surface area contributed by atoms with Gasteiger partial charge in [0, 0.05) is 15.7 Å². The Morgan fingerprint density at radius 1 is 0.958 bits per heavy atom. The first-order valence-corrected chi connectivity index (χ1v) is 8.10. The third-order valence-corrected chi connectivity index (χ3v) is 4.62. The minimum Gasteiger partial charge on any atom is -0.349 e. The van der Waals surface area contributed by atoms with Crippen molar-refractivity contribution in [2.45, 2.75) is 6.92 Å². The van der Waals surface area contributed by atoms with Crippen LogP contribution < -0.4 is 10.2 Å². The Hall–Kier alpha value is -2.01. The zero-order chi connectivity index (χ0) is 17.4. The van der Waals surface area contributed by atoms with E-state index in [1.807, 2.05) is 0 Å². The maximum absolute atomic E-state index is 12.7. The fourth-order valence-electron chi connectivity index (χ4n) is 2.34. The molecule has 0 atom stereocenters. The number of hydrogen-bond donors (Lipinski definition) is 1. The van der Waals surface area contributed by atoms with Crippen LogP contribution in [-0.4, -0.2) is 11.8 Å². The molecular weight excluding hydrogens is 371 g/mol. The molecule has 0 aromatic heterocycles. The molecule has 1 N–H and O–H groups in total. The summed E-state index contributed by atoms with van der Waals surface area (Å²) >= 11 is 18.1. The van der Waals surface area contributed by atoms with E-state index < -0.39 is 11.8 Å². The average Bonchev–Trinajstić information content (AvgIpc) is 2.75. The molecule has 0 spiro atoms. The number of rotatable bonds is 3. The normalized spacial score (nSPS) is 14.6. The summed E-state index contributed by atoms with van der Waals surface area (Å²) in [6.07, 6.45) is 0. The molecule has 0 radical (unpaired) electrons. The maximum atomic E-state index is 12.7. The third-order valence-electron chi connectivity index (χ3n) is 3.62. The number of carbonyl (C=O) groups excluding carboxylic acids is 2. The van der Waals surface area contributed by atoms with Crippen molar-refractivity contribution >= 4 is 58.0 Å². The number of halogens is 3. The monoisotopic (exact) mass is 380 g/mol. The van der Waals surface area contributed by atoms with E-state index in [4.69, 9.17) is 34.8 Å². The second-order valence-electron chi connectivity index (χ2n) is 5.15. The summed E-state index contributed by atoms with van der Waals surface area (Å²) < 4.78 is 0. The van der Waals surface area contributed by atoms with Gasteiger partial charge in [-0.2, -0.15) is 0 Å². The van der Waals surface area contributed by atoms with Gasteiger partial charge in [-0.15, -0.1) is 0 Å². The Kier molecular flexibility index (Phi) is 4.54. The minimum atomic E-state index is -0.605. The first-order chi connectivity index (χ1) is 11.4. The molecule has 4 nitrogen and oxygen atoms in total. The van der Waals surface area contributed by atoms with Crippen LogP contribution in [0.3, 0.4) is 0 Å². The van der Waals surface area contributed by atoms with Gasteiger partial charge in [0.15, 0.2) is 0 Å². The first kappa shape index (κ1) is 16.8. The Balaban J connectivity index is 1.96. The van der Waals surface area contributed by atoms with Crippen molar-refractivity contribution in [3.05, 3.63) is 68.8 Å². The first-order valence-electron chi connectivity index (χ1n) is 6.96. The Bertz CT molecular complexity index is 893. The van der Waals surface area contributed by atoms with Gasteiger partial charge in [-0.25, -0.2) is 4.90 Å². The highest BCUT2D eigenvalue weighted by Gasteiger charge is 2.39. The molecule has 2 amide bonds. The van der Waals surface area contributed by atoms with Crippen LogP contribution in [0.25, 0.3) is 0 Å². The largest absolute Gasteiger partial charge is 0.349 e. The standard InChI is InChI=1S/C17H11Cl3N2O2/c1-9-12(19)6-3-7-13(9)21-15-14(20)16(23)22(17(15)24)11-5-2-4-10(18)8-11/h2-8,21H,1H3. The van der Waals surface area contributed by atoms with Crippen LogP contribution in [-0.2, 0) is 9.59 Å². The highest BCUT2D eigenvalue weighted by molar-refractivity contribution is 6.53. The van der Waals surface area contributed by atoms with Gasteiger partial charge in [0.2, 0.25) is 0 Å². The zero-order valence-electron chi connectivity index (χ0n) is 12.4. The lowest BCUT2D eigenvalue weighted by molar-refractivity contribution is -0.120. The fourth-order valence-corrected chi connectivity index (χ4v) is 2.91. The van der Waals surface area contributed by atoms with E-state index in [0.717, 1.165) is 10.5 Å². The van der Waals surface area contributed by atoms with Gasteiger partial charge in [-0.1, -0.05) is 46.9 Å². The summed E-state index contributed by atoms with van der Waals surface area (Å²) in [4.78, 5) is 26.0. The van der Waals surface area contributed by atoms with E-state index >= 15 is 0 Å². The van der Waals surface area contributed by atoms with Gasteiger partial charge < -0.3 is 5.32 Å². The van der Waals surface area contributed by atoms with E-state index in [-0.39, 0.29) is 10.7 Å². The number of nitrogens with one attached hydrogen (secondary N) is 1. The van der Waals surface area contributed by atoms with E-state index in [1.165, 1.54) is 6.07 Å². The molecule has 7 heteroatoms. The highest BCUT2D eigenvalue weighted by atomic mass is 35.5. The van der Waals surface area contributed by atoms with Crippen molar-refractivity contribution in [2.24, 2.45) is 0 Å². The molecule has 122 valence electrons. The number of nitrogens with zero attached hydrogens (tertiary/aromatic N) is 1. The molecule has 1 heterocycles. The van der Waals surface area contributed by atoms with Gasteiger partial charge in [-0.3, -0.25) is 9.59 Å². The molecule has 0 aliphatic carbocycles. The van der Waals surface area contributed by atoms with Crippen LogP contribution in [0.2, 0.25) is 10.0 Å². The molecule has 1 aliphatic rings. The van der Waals surface area contributed by atoms with Crippen LogP contribution in [0, 0.1) is 6.92 Å². The molecule has 0 saturated heterocycles. The quantitative estimate of drug-likeness (QED) is 0.781. The van der Waals surface area contributed by atoms with Gasteiger partial charge in [0.1, 0.15) is 10.7 Å². The molecule has 0 unspecified atom stereocenters. The van der Waals surface area contributed by atoms with Crippen LogP contribution >= 0.6 is 34.8 Å². The Morgan fingerprint density at radius 3 is 2.38 bits per heavy atom. The number of anilines is 2. The van der Waals surface area contributed by atoms with Gasteiger partial charge in [0.05, 0.1) is 5.69 Å². The molecule has 0 bridgehead atoms. The van der Waals surface area contributed by atoms with Gasteiger partial charge in [0.25, 0.3) is 11.8 Å². The number of carbonyl (C=O) groups is 2. The number of imide groups is 1. The summed E-state index contributed by atoms with van der Waals surface area (Å²) in [5.41, 5.74) is 1.71. The third kappa shape index (κ3) is 2.88. The second-order valence-corrected chi connectivity index (χ2v) is 6.37. The summed E-state index contributed by atoms with van der Waals surface area (Å²) in [7, 11) is 0. The van der Waals surface area contributed by atoms with Crippen LogP contribution in [0.5, 0.6) is 0 Å². The SMILES string of the molecule is Cc1c(Cl)cccc1NC1=C(Cl)C(=O)N(c2cccc(Cl)c2)C1=O. The molecule has 0 fully saturated rings. The lowest BCUT2D eigenvalue weighted by Crippen LogP contribution is -2.32. The van der Waals surface area contributed by atoms with Crippen LogP contribution in [0.15, 0.2) is 53.2 Å². The van der Waals surface area contributed by atoms with Crippen molar-refractivity contribution in [3.8, 4) is 0 Å². The smallest absolute Gasteiger partial charge is 0.283 e. The zero-order valence-corrected chi connectivity index (χ0v) is 14.7. The number of amides is 2. The van der Waals surface area contributed by atoms with Gasteiger partial charge >= 0.3 is 0 Å². The number of hydrogen-bond acceptors (Lipinski definition) is 3. The van der Waals surface area contributed by atoms with Crippen LogP contribution in [0.1, 0.15) is 5.56 Å². The van der Waals surface area contributed by atoms with Crippen molar-refractivity contribution in [1.29, 1.82) is 0 Å². The van der Waals surface area contributed by atoms with Crippen molar-refractivity contribution in [2.75, 3.05) is 10.2 Å². The Morgan fingerprint density at radius 2 is 1.67 bits per heavy atom. The molecule has 2 aromatic carbocycles. The van der Waals surface area contributed by atoms with E-state index in [0.29, 0.717) is 21.4 Å². The van der Waals surface area contributed by atoms with Crippen molar-refractivity contribution in [1.82, 2.24) is 0 Å². The molecular formula is C17H11Cl3N2O2. The lowest BCUT2D eigenvalue weighted by Gasteiger charge is -2.16. The van der Waals surface area contributed by atoms with E-state index in [9.17, 15) is 9.59 Å². The molecule has 1 aliphatic heterocycles. The van der Waals surface area contributed by atoms with Crippen LogP contribution in [0.4, 0.5) is 11.4 Å². The summed E-state index contributed by atoms with van der Waals surface area (Å²) in [6, 6.07) is 11.7. The topological polar surface area (TPSA) is 49.4 Å². The highest BCUT2D eigenvalue weighted by Crippen LogP contribution is 2.32. The summed E-state index contributed by atoms with van der Waals surface area (Å²) in [5, 5.41) is 3.69. The van der Waals surface area contributed by atoms with E-state index in [1.54, 1.807) is 43.3 Å². The molecule has 2 aromatic rings. The number of benzene rings is 2. The minimum absolute atomic E-state index is 0.00649. The predicted molar refractivity (Wildman–Crippen MR) is 96.6 cm³/mol. The molecule has 3 rings (SSSR count). The summed E-state index contributed by atoms with van der Waals surface area (Å²) in [6.45, 7) is 1.80. The maximum Gasteiger partial charge on any atom is 0.283 e. The second kappa shape index (κ2) is 6.48. The molecule has 24 heavy (non-hydrogen) atoms. The predicted octanol–water partition coefficient (Wildman–Crippen LogP) is 4.74.